The Morgan fingerprint density at radius 2 is 0.828 bits per heavy atom. The molecule has 1 heteroatoms. The molecule has 10 aromatic rings. The number of anilines is 3. The van der Waals surface area contributed by atoms with E-state index in [1.807, 2.05) is 0 Å². The first-order chi connectivity index (χ1) is 28.5. The Bertz CT molecular complexity index is 3160. The monoisotopic (exact) mass is 739 g/mol. The van der Waals surface area contributed by atoms with Crippen molar-refractivity contribution in [2.45, 2.75) is 19.3 Å². The van der Waals surface area contributed by atoms with Crippen LogP contribution >= 0.6 is 0 Å². The average Bonchev–Trinajstić information content (AvgIpc) is 3.52. The van der Waals surface area contributed by atoms with Crippen LogP contribution in [0.2, 0.25) is 0 Å². The van der Waals surface area contributed by atoms with Crippen molar-refractivity contribution in [2.75, 3.05) is 4.90 Å². The minimum atomic E-state index is -0.232. The van der Waals surface area contributed by atoms with Crippen LogP contribution < -0.4 is 4.90 Å². The Balaban J connectivity index is 1.04. The predicted molar refractivity (Wildman–Crippen MR) is 248 cm³/mol. The average molecular weight is 740 g/mol. The first-order valence-corrected chi connectivity index (χ1v) is 20.3. The molecule has 0 spiro atoms. The Morgan fingerprint density at radius 3 is 1.52 bits per heavy atom. The van der Waals surface area contributed by atoms with Gasteiger partial charge in [-0.15, -0.1) is 0 Å². The minimum Gasteiger partial charge on any atom is -0.310 e. The molecular weight excluding hydrogens is 699 g/mol. The molecule has 58 heavy (non-hydrogen) atoms. The van der Waals surface area contributed by atoms with Crippen molar-refractivity contribution in [3.63, 3.8) is 0 Å². The van der Waals surface area contributed by atoms with Crippen molar-refractivity contribution >= 4 is 49.4 Å². The van der Waals surface area contributed by atoms with Crippen LogP contribution in [0.3, 0.4) is 0 Å². The minimum absolute atomic E-state index is 0.232. The van der Waals surface area contributed by atoms with E-state index in [2.05, 4.69) is 231 Å². The zero-order valence-corrected chi connectivity index (χ0v) is 32.7. The highest BCUT2D eigenvalue weighted by atomic mass is 15.1. The first kappa shape index (κ1) is 34.1. The third kappa shape index (κ3) is 5.46. The van der Waals surface area contributed by atoms with E-state index in [0.717, 1.165) is 11.4 Å². The first-order valence-electron chi connectivity index (χ1n) is 20.3. The van der Waals surface area contributed by atoms with E-state index >= 15 is 0 Å². The van der Waals surface area contributed by atoms with E-state index in [4.69, 9.17) is 0 Å². The van der Waals surface area contributed by atoms with Gasteiger partial charge in [0.05, 0.1) is 5.69 Å². The van der Waals surface area contributed by atoms with Crippen LogP contribution in [0.15, 0.2) is 212 Å². The lowest BCUT2D eigenvalue weighted by molar-refractivity contribution is 0.661. The van der Waals surface area contributed by atoms with E-state index in [1.165, 1.54) is 93.6 Å². The highest BCUT2D eigenvalue weighted by molar-refractivity contribution is 6.14. The van der Waals surface area contributed by atoms with E-state index in [0.29, 0.717) is 0 Å². The number of nitrogens with zero attached hydrogens (tertiary/aromatic N) is 1. The quantitative estimate of drug-likeness (QED) is 0.154. The standard InChI is InChI=1S/C57H41N/c1-57(2)53-36-43(52-35-42-17-9-10-20-46(42)47-21-11-12-22-48(47)52)31-34-51(53)56-50-24-14-13-23-49(50)55(37-54(56)57)58(44-18-7-4-8-19-44)45-32-29-41(30-33-45)40-27-25-39(26-28-40)38-15-5-3-6-16-38/h3-37H,1-2H3. The second-order valence-electron chi connectivity index (χ2n) is 16.1. The number of rotatable bonds is 6. The SMILES string of the molecule is CC1(C)c2cc(-c3cc4ccccc4c4ccccc34)ccc2-c2c1cc(N(c1ccccc1)c1ccc(-c3ccc(-c4ccccc4)cc3)cc1)c1ccccc21. The maximum atomic E-state index is 2.48. The second-order valence-corrected chi connectivity index (χ2v) is 16.1. The predicted octanol–water partition coefficient (Wildman–Crippen LogP) is 15.9. The molecule has 0 N–H and O–H groups in total. The summed E-state index contributed by atoms with van der Waals surface area (Å²) in [5.41, 5.74) is 16.0. The number of fused-ring (bicyclic) bond motifs is 8. The van der Waals surface area contributed by atoms with Gasteiger partial charge >= 0.3 is 0 Å². The van der Waals surface area contributed by atoms with E-state index in [9.17, 15) is 0 Å². The smallest absolute Gasteiger partial charge is 0.0543 e. The molecule has 0 fully saturated rings. The maximum absolute atomic E-state index is 2.48. The zero-order valence-electron chi connectivity index (χ0n) is 32.7. The molecule has 10 aromatic carbocycles. The molecule has 0 aromatic heterocycles. The van der Waals surface area contributed by atoms with Crippen molar-refractivity contribution < 1.29 is 0 Å². The molecule has 274 valence electrons. The summed E-state index contributed by atoms with van der Waals surface area (Å²) in [4.78, 5) is 2.44. The van der Waals surface area contributed by atoms with Gasteiger partial charge in [0, 0.05) is 22.2 Å². The van der Waals surface area contributed by atoms with Crippen LogP contribution in [-0.2, 0) is 5.41 Å². The van der Waals surface area contributed by atoms with Gasteiger partial charge < -0.3 is 4.90 Å². The summed E-state index contributed by atoms with van der Waals surface area (Å²) in [6.07, 6.45) is 0. The van der Waals surface area contributed by atoms with Crippen LogP contribution in [0, 0.1) is 0 Å². The molecule has 1 aliphatic rings. The van der Waals surface area contributed by atoms with Crippen LogP contribution in [-0.4, -0.2) is 0 Å². The molecule has 0 saturated heterocycles. The fourth-order valence-corrected chi connectivity index (χ4v) is 9.50. The molecule has 0 amide bonds. The van der Waals surface area contributed by atoms with Crippen LogP contribution in [0.5, 0.6) is 0 Å². The number of hydrogen-bond donors (Lipinski definition) is 0. The molecule has 0 atom stereocenters. The number of hydrogen-bond acceptors (Lipinski definition) is 1. The molecule has 0 aliphatic heterocycles. The van der Waals surface area contributed by atoms with Gasteiger partial charge in [-0.1, -0.05) is 184 Å². The fraction of sp³-hybridized carbons (Fsp3) is 0.0526. The topological polar surface area (TPSA) is 3.24 Å². The van der Waals surface area contributed by atoms with E-state index in [1.54, 1.807) is 0 Å². The van der Waals surface area contributed by atoms with Crippen molar-refractivity contribution in [3.8, 4) is 44.5 Å². The highest BCUT2D eigenvalue weighted by Gasteiger charge is 2.38. The summed E-state index contributed by atoms with van der Waals surface area (Å²) in [6.45, 7) is 4.81. The fourth-order valence-electron chi connectivity index (χ4n) is 9.50. The lowest BCUT2D eigenvalue weighted by Gasteiger charge is -2.30. The molecule has 11 rings (SSSR count). The van der Waals surface area contributed by atoms with E-state index < -0.39 is 0 Å². The Morgan fingerprint density at radius 1 is 0.328 bits per heavy atom. The number of benzene rings is 10. The number of para-hydroxylation sites is 1. The lowest BCUT2D eigenvalue weighted by Crippen LogP contribution is -2.17. The highest BCUT2D eigenvalue weighted by Crippen LogP contribution is 2.55. The molecule has 0 saturated carbocycles. The summed E-state index contributed by atoms with van der Waals surface area (Å²) in [5, 5.41) is 7.66. The second kappa shape index (κ2) is 13.5. The van der Waals surface area contributed by atoms with Crippen molar-refractivity contribution in [1.29, 1.82) is 0 Å². The molecule has 1 aliphatic carbocycles. The Hall–Kier alpha value is -7.22. The summed E-state index contributed by atoms with van der Waals surface area (Å²) in [5.74, 6) is 0. The van der Waals surface area contributed by atoms with Gasteiger partial charge in [0.25, 0.3) is 0 Å². The molecular formula is C57H41N. The summed E-state index contributed by atoms with van der Waals surface area (Å²) in [6, 6.07) is 78.0. The summed E-state index contributed by atoms with van der Waals surface area (Å²) < 4.78 is 0. The normalized spacial score (nSPS) is 12.8. The van der Waals surface area contributed by atoms with Gasteiger partial charge in [-0.05, 0) is 125 Å². The molecule has 0 heterocycles. The molecule has 0 radical (unpaired) electrons. The van der Waals surface area contributed by atoms with Gasteiger partial charge in [0.15, 0.2) is 0 Å². The van der Waals surface area contributed by atoms with Crippen molar-refractivity contribution in [2.24, 2.45) is 0 Å². The third-order valence-electron chi connectivity index (χ3n) is 12.4. The zero-order chi connectivity index (χ0) is 38.8. The van der Waals surface area contributed by atoms with E-state index in [-0.39, 0.29) is 5.41 Å². The largest absolute Gasteiger partial charge is 0.310 e. The lowest BCUT2D eigenvalue weighted by atomic mass is 9.80. The van der Waals surface area contributed by atoms with Gasteiger partial charge in [0.2, 0.25) is 0 Å². The van der Waals surface area contributed by atoms with Crippen molar-refractivity contribution in [3.05, 3.63) is 223 Å². The van der Waals surface area contributed by atoms with Crippen LogP contribution in [0.4, 0.5) is 17.1 Å². The van der Waals surface area contributed by atoms with Crippen LogP contribution in [0.25, 0.3) is 76.8 Å². The Kier molecular flexibility index (Phi) is 7.91. The van der Waals surface area contributed by atoms with Gasteiger partial charge in [-0.25, -0.2) is 0 Å². The maximum Gasteiger partial charge on any atom is 0.0543 e. The van der Waals surface area contributed by atoms with Crippen LogP contribution in [0.1, 0.15) is 25.0 Å². The Labute approximate surface area is 340 Å². The van der Waals surface area contributed by atoms with Crippen molar-refractivity contribution in [1.82, 2.24) is 0 Å². The molecule has 0 unspecified atom stereocenters. The molecule has 0 bridgehead atoms. The third-order valence-corrected chi connectivity index (χ3v) is 12.4. The van der Waals surface area contributed by atoms with Gasteiger partial charge in [0.1, 0.15) is 0 Å². The summed E-state index contributed by atoms with van der Waals surface area (Å²) >= 11 is 0. The van der Waals surface area contributed by atoms with Gasteiger partial charge in [-0.3, -0.25) is 0 Å². The molecule has 1 nitrogen and oxygen atoms in total. The summed E-state index contributed by atoms with van der Waals surface area (Å²) in [7, 11) is 0. The van der Waals surface area contributed by atoms with Gasteiger partial charge in [-0.2, -0.15) is 0 Å².